The smallest absolute Gasteiger partial charge is 0.369 e. The lowest BCUT2D eigenvalue weighted by atomic mass is 9.83. The highest BCUT2D eigenvalue weighted by atomic mass is 19.4. The average molecular weight is 552 g/mol. The molecule has 2 atom stereocenters. The summed E-state index contributed by atoms with van der Waals surface area (Å²) in [6.45, 7) is 5.77. The number of rotatable bonds is 8. The van der Waals surface area contributed by atoms with Crippen LogP contribution in [0.2, 0.25) is 0 Å². The third kappa shape index (κ3) is 5.43. The number of amides is 2. The van der Waals surface area contributed by atoms with Crippen molar-refractivity contribution in [3.05, 3.63) is 95.3 Å². The zero-order chi connectivity index (χ0) is 29.2. The van der Waals surface area contributed by atoms with Crippen LogP contribution in [0, 0.1) is 5.92 Å². The lowest BCUT2D eigenvalue weighted by molar-refractivity contribution is -0.138. The van der Waals surface area contributed by atoms with Crippen molar-refractivity contribution in [2.24, 2.45) is 16.6 Å². The van der Waals surface area contributed by atoms with Gasteiger partial charge >= 0.3 is 6.18 Å². The molecule has 2 heterocycles. The van der Waals surface area contributed by atoms with Gasteiger partial charge in [0.1, 0.15) is 0 Å². The van der Waals surface area contributed by atoms with Crippen molar-refractivity contribution in [2.45, 2.75) is 51.4 Å². The molecule has 40 heavy (non-hydrogen) atoms. The Kier molecular flexibility index (Phi) is 8.00. The van der Waals surface area contributed by atoms with Crippen molar-refractivity contribution in [1.29, 1.82) is 0 Å². The van der Waals surface area contributed by atoms with E-state index in [0.29, 0.717) is 24.0 Å². The summed E-state index contributed by atoms with van der Waals surface area (Å²) < 4.78 is 42.2. The number of guanidine groups is 1. The van der Waals surface area contributed by atoms with Crippen LogP contribution < -0.4 is 10.6 Å². The fourth-order valence-electron chi connectivity index (χ4n) is 4.87. The molecule has 0 fully saturated rings. The van der Waals surface area contributed by atoms with Crippen LogP contribution in [0.1, 0.15) is 66.7 Å². The highest BCUT2D eigenvalue weighted by Gasteiger charge is 2.50. The van der Waals surface area contributed by atoms with E-state index in [1.54, 1.807) is 55.7 Å². The van der Waals surface area contributed by atoms with Crippen molar-refractivity contribution in [3.63, 3.8) is 0 Å². The Labute approximate surface area is 231 Å². The first-order valence-corrected chi connectivity index (χ1v) is 13.0. The van der Waals surface area contributed by atoms with Crippen LogP contribution in [0.5, 0.6) is 0 Å². The van der Waals surface area contributed by atoms with Crippen molar-refractivity contribution in [3.8, 4) is 0 Å². The number of carbonyl (C=O) groups is 2. The molecular weight excluding hydrogens is 519 g/mol. The SMILES string of the molecule is CC(C)CCC1(c2ccccc2)N=C(N)N(c2ccc(C(F)(F)F)c(C(=O)N(C)C(C)c3ccncc3)c2)C1=O. The number of aromatic nitrogens is 1. The van der Waals surface area contributed by atoms with E-state index >= 15 is 0 Å². The number of hydrogen-bond acceptors (Lipinski definition) is 5. The van der Waals surface area contributed by atoms with Crippen molar-refractivity contribution in [1.82, 2.24) is 9.88 Å². The maximum Gasteiger partial charge on any atom is 0.417 e. The lowest BCUT2D eigenvalue weighted by Gasteiger charge is -2.29. The topological polar surface area (TPSA) is 91.9 Å². The molecule has 2 aromatic carbocycles. The number of hydrogen-bond donors (Lipinski definition) is 1. The minimum absolute atomic E-state index is 0.0370. The molecule has 1 aliphatic heterocycles. The molecule has 0 aliphatic carbocycles. The summed E-state index contributed by atoms with van der Waals surface area (Å²) in [5.41, 5.74) is 4.65. The number of nitrogens with two attached hydrogens (primary N) is 1. The van der Waals surface area contributed by atoms with Crippen LogP contribution in [0.15, 0.2) is 78.0 Å². The summed E-state index contributed by atoms with van der Waals surface area (Å²) in [5.74, 6) is -1.20. The van der Waals surface area contributed by atoms with Crippen LogP contribution in [0.3, 0.4) is 0 Å². The van der Waals surface area contributed by atoms with E-state index < -0.39 is 40.7 Å². The molecular formula is C30H32F3N5O2. The Morgan fingerprint density at radius 3 is 2.30 bits per heavy atom. The van der Waals surface area contributed by atoms with Gasteiger partial charge in [-0.3, -0.25) is 14.6 Å². The zero-order valence-corrected chi connectivity index (χ0v) is 22.8. The summed E-state index contributed by atoms with van der Waals surface area (Å²) in [7, 11) is 1.43. The van der Waals surface area contributed by atoms with Gasteiger partial charge in [0.15, 0.2) is 5.54 Å². The van der Waals surface area contributed by atoms with E-state index in [9.17, 15) is 22.8 Å². The second-order valence-corrected chi connectivity index (χ2v) is 10.4. The summed E-state index contributed by atoms with van der Waals surface area (Å²) >= 11 is 0. The first-order chi connectivity index (χ1) is 18.9. The predicted molar refractivity (Wildman–Crippen MR) is 147 cm³/mol. The number of anilines is 1. The molecule has 4 rings (SSSR count). The van der Waals surface area contributed by atoms with Gasteiger partial charge < -0.3 is 10.6 Å². The van der Waals surface area contributed by atoms with Crippen molar-refractivity contribution >= 4 is 23.5 Å². The minimum Gasteiger partial charge on any atom is -0.369 e. The number of alkyl halides is 3. The van der Waals surface area contributed by atoms with Gasteiger partial charge in [0, 0.05) is 19.4 Å². The van der Waals surface area contributed by atoms with E-state index in [4.69, 9.17) is 5.73 Å². The summed E-state index contributed by atoms with van der Waals surface area (Å²) in [6.07, 6.45) is -0.677. The Morgan fingerprint density at radius 2 is 1.70 bits per heavy atom. The Morgan fingerprint density at radius 1 is 1.05 bits per heavy atom. The summed E-state index contributed by atoms with van der Waals surface area (Å²) in [5, 5.41) is 0. The number of nitrogens with zero attached hydrogens (tertiary/aromatic N) is 4. The summed E-state index contributed by atoms with van der Waals surface area (Å²) in [6, 6.07) is 14.9. The second-order valence-electron chi connectivity index (χ2n) is 10.4. The fourth-order valence-corrected chi connectivity index (χ4v) is 4.87. The molecule has 2 N–H and O–H groups in total. The van der Waals surface area contributed by atoms with E-state index in [1.165, 1.54) is 11.9 Å². The normalized spacial score (nSPS) is 18.1. The maximum absolute atomic E-state index is 14.1. The first kappa shape index (κ1) is 28.8. The van der Waals surface area contributed by atoms with Gasteiger partial charge in [-0.05, 0) is 67.1 Å². The Balaban J connectivity index is 1.77. The third-order valence-electron chi connectivity index (χ3n) is 7.31. The van der Waals surface area contributed by atoms with Gasteiger partial charge in [0.25, 0.3) is 11.8 Å². The molecule has 1 aliphatic rings. The largest absolute Gasteiger partial charge is 0.417 e. The van der Waals surface area contributed by atoms with E-state index in [2.05, 4.69) is 9.98 Å². The number of benzene rings is 2. The molecule has 0 bridgehead atoms. The molecule has 2 amide bonds. The Hall–Kier alpha value is -4.21. The van der Waals surface area contributed by atoms with Gasteiger partial charge in [-0.1, -0.05) is 44.2 Å². The van der Waals surface area contributed by atoms with Crippen LogP contribution in [0.4, 0.5) is 18.9 Å². The lowest BCUT2D eigenvalue weighted by Crippen LogP contribution is -2.43. The van der Waals surface area contributed by atoms with Gasteiger partial charge in [-0.15, -0.1) is 0 Å². The zero-order valence-electron chi connectivity index (χ0n) is 22.8. The van der Waals surface area contributed by atoms with E-state index in [1.807, 2.05) is 19.9 Å². The minimum atomic E-state index is -4.80. The van der Waals surface area contributed by atoms with Gasteiger partial charge in [0.05, 0.1) is 22.9 Å². The molecule has 1 aromatic heterocycles. The van der Waals surface area contributed by atoms with Crippen LogP contribution in [-0.4, -0.2) is 34.7 Å². The summed E-state index contributed by atoms with van der Waals surface area (Å²) in [4.78, 5) is 38.5. The second kappa shape index (κ2) is 11.1. The molecule has 210 valence electrons. The molecule has 0 saturated heterocycles. The van der Waals surface area contributed by atoms with Gasteiger partial charge in [-0.25, -0.2) is 9.89 Å². The number of halogens is 3. The number of carbonyl (C=O) groups excluding carboxylic acids is 2. The van der Waals surface area contributed by atoms with Crippen LogP contribution in [0.25, 0.3) is 0 Å². The van der Waals surface area contributed by atoms with Gasteiger partial charge in [0.2, 0.25) is 5.96 Å². The molecule has 0 spiro atoms. The molecule has 0 radical (unpaired) electrons. The first-order valence-electron chi connectivity index (χ1n) is 13.0. The van der Waals surface area contributed by atoms with E-state index in [-0.39, 0.29) is 17.6 Å². The van der Waals surface area contributed by atoms with Gasteiger partial charge in [-0.2, -0.15) is 13.2 Å². The Bertz CT molecular complexity index is 1410. The van der Waals surface area contributed by atoms with Crippen molar-refractivity contribution < 1.29 is 22.8 Å². The van der Waals surface area contributed by atoms with E-state index in [0.717, 1.165) is 23.1 Å². The molecule has 7 nitrogen and oxygen atoms in total. The average Bonchev–Trinajstić information content (AvgIpc) is 3.20. The standard InChI is InChI=1S/C30H32F3N5O2/c1-19(2)12-15-29(22-8-6-5-7-9-22)27(40)38(28(34)36-29)23-10-11-25(30(31,32)33)24(18-23)26(39)37(4)20(3)21-13-16-35-17-14-21/h5-11,13-14,16-20H,12,15H2,1-4H3,(H2,34,36). The van der Waals surface area contributed by atoms with Crippen LogP contribution >= 0.6 is 0 Å². The van der Waals surface area contributed by atoms with Crippen molar-refractivity contribution in [2.75, 3.05) is 11.9 Å². The predicted octanol–water partition coefficient (Wildman–Crippen LogP) is 5.93. The molecule has 2 unspecified atom stereocenters. The molecule has 3 aromatic rings. The third-order valence-corrected chi connectivity index (χ3v) is 7.31. The highest BCUT2D eigenvalue weighted by Crippen LogP contribution is 2.41. The quantitative estimate of drug-likeness (QED) is 0.376. The maximum atomic E-state index is 14.1. The fraction of sp³-hybridized carbons (Fsp3) is 0.333. The number of aliphatic imine (C=N–C) groups is 1. The molecule has 10 heteroatoms. The van der Waals surface area contributed by atoms with Crippen LogP contribution in [-0.2, 0) is 16.5 Å². The monoisotopic (exact) mass is 551 g/mol. The molecule has 0 saturated carbocycles. The number of pyridine rings is 1. The highest BCUT2D eigenvalue weighted by molar-refractivity contribution is 6.23.